The molecular formula is C22H30N4O2S. The first kappa shape index (κ1) is 20.4. The third-order valence-electron chi connectivity index (χ3n) is 5.79. The molecule has 1 aliphatic carbocycles. The molecule has 2 heterocycles. The fraction of sp³-hybridized carbons (Fsp3) is 0.591. The summed E-state index contributed by atoms with van der Waals surface area (Å²) in [6.45, 7) is 1.99. The zero-order valence-corrected chi connectivity index (χ0v) is 17.7. The van der Waals surface area contributed by atoms with E-state index in [-0.39, 0.29) is 5.91 Å². The second kappa shape index (κ2) is 10.3. The molecule has 0 radical (unpaired) electrons. The highest BCUT2D eigenvalue weighted by atomic mass is 32.2. The monoisotopic (exact) mass is 414 g/mol. The van der Waals surface area contributed by atoms with Crippen molar-refractivity contribution in [2.24, 2.45) is 5.92 Å². The van der Waals surface area contributed by atoms with Crippen LogP contribution in [-0.2, 0) is 22.6 Å². The Balaban J connectivity index is 1.40. The number of rotatable bonds is 9. The molecule has 0 unspecified atom stereocenters. The van der Waals surface area contributed by atoms with Gasteiger partial charge >= 0.3 is 0 Å². The highest BCUT2D eigenvalue weighted by molar-refractivity contribution is 7.99. The van der Waals surface area contributed by atoms with Crippen LogP contribution in [-0.4, -0.2) is 39.1 Å². The number of carbonyl (C=O) groups is 1. The van der Waals surface area contributed by atoms with Gasteiger partial charge in [-0.05, 0) is 37.2 Å². The summed E-state index contributed by atoms with van der Waals surface area (Å²) < 4.78 is 7.88. The molecule has 1 saturated carbocycles. The van der Waals surface area contributed by atoms with Crippen molar-refractivity contribution in [3.8, 4) is 0 Å². The molecule has 1 atom stereocenters. The second-order valence-electron chi connectivity index (χ2n) is 8.05. The van der Waals surface area contributed by atoms with E-state index < -0.39 is 0 Å². The summed E-state index contributed by atoms with van der Waals surface area (Å²) in [5.74, 6) is 2.37. The van der Waals surface area contributed by atoms with Gasteiger partial charge in [-0.15, -0.1) is 10.2 Å². The average molecular weight is 415 g/mol. The summed E-state index contributed by atoms with van der Waals surface area (Å²) >= 11 is 1.70. The van der Waals surface area contributed by atoms with Crippen LogP contribution in [0.4, 0.5) is 0 Å². The fourth-order valence-corrected chi connectivity index (χ4v) is 5.17. The van der Waals surface area contributed by atoms with Crippen molar-refractivity contribution in [3.63, 3.8) is 0 Å². The van der Waals surface area contributed by atoms with Crippen LogP contribution in [0.5, 0.6) is 0 Å². The smallest absolute Gasteiger partial charge is 0.220 e. The minimum absolute atomic E-state index is 0.125. The van der Waals surface area contributed by atoms with Gasteiger partial charge in [0, 0.05) is 18.8 Å². The standard InChI is InChI=1S/C22H30N4O2S/c27-21(13-17-7-4-5-8-17)23-14-20-24-25-22(29-16-19-11-6-12-28-19)26(20)15-18-9-2-1-3-10-18/h1-3,9-10,17,19H,4-8,11-16H2,(H,23,27)/t19-/m1/s1. The number of benzene rings is 1. The third kappa shape index (κ3) is 5.82. The summed E-state index contributed by atoms with van der Waals surface area (Å²) in [6.07, 6.45) is 8.07. The molecule has 1 aliphatic heterocycles. The van der Waals surface area contributed by atoms with E-state index in [1.807, 2.05) is 18.2 Å². The quantitative estimate of drug-likeness (QED) is 0.632. The van der Waals surface area contributed by atoms with Crippen LogP contribution in [0.3, 0.4) is 0 Å². The first-order valence-corrected chi connectivity index (χ1v) is 11.7. The van der Waals surface area contributed by atoms with Crippen LogP contribution in [0.25, 0.3) is 0 Å². The Morgan fingerprint density at radius 1 is 1.14 bits per heavy atom. The van der Waals surface area contributed by atoms with Crippen LogP contribution in [0.1, 0.15) is 56.3 Å². The molecule has 0 bridgehead atoms. The molecule has 1 amide bonds. The summed E-state index contributed by atoms with van der Waals surface area (Å²) in [5, 5.41) is 12.8. The Kier molecular flexibility index (Phi) is 7.22. The molecule has 1 aromatic heterocycles. The van der Waals surface area contributed by atoms with E-state index in [2.05, 4.69) is 32.2 Å². The minimum atomic E-state index is 0.125. The largest absolute Gasteiger partial charge is 0.377 e. The summed E-state index contributed by atoms with van der Waals surface area (Å²) in [6, 6.07) is 10.3. The Hall–Kier alpha value is -1.86. The number of thioether (sulfide) groups is 1. The SMILES string of the molecule is O=C(CC1CCCC1)NCc1nnc(SC[C@H]2CCCO2)n1Cc1ccccc1. The van der Waals surface area contributed by atoms with Crippen LogP contribution in [0.2, 0.25) is 0 Å². The maximum atomic E-state index is 12.4. The molecule has 4 rings (SSSR count). The van der Waals surface area contributed by atoms with Crippen LogP contribution >= 0.6 is 11.8 Å². The van der Waals surface area contributed by atoms with E-state index in [4.69, 9.17) is 4.74 Å². The lowest BCUT2D eigenvalue weighted by molar-refractivity contribution is -0.122. The van der Waals surface area contributed by atoms with Crippen molar-refractivity contribution in [2.45, 2.75) is 69.3 Å². The number of nitrogens with zero attached hydrogens (tertiary/aromatic N) is 3. The van der Waals surface area contributed by atoms with Gasteiger partial charge in [-0.25, -0.2) is 0 Å². The van der Waals surface area contributed by atoms with E-state index in [1.54, 1.807) is 11.8 Å². The molecule has 29 heavy (non-hydrogen) atoms. The highest BCUT2D eigenvalue weighted by Crippen LogP contribution is 2.27. The summed E-state index contributed by atoms with van der Waals surface area (Å²) in [5.41, 5.74) is 1.20. The molecule has 6 nitrogen and oxygen atoms in total. The zero-order chi connectivity index (χ0) is 19.9. The summed E-state index contributed by atoms with van der Waals surface area (Å²) in [4.78, 5) is 12.4. The van der Waals surface area contributed by atoms with Gasteiger partial charge in [-0.2, -0.15) is 0 Å². The molecule has 156 valence electrons. The minimum Gasteiger partial charge on any atom is -0.377 e. The molecule has 7 heteroatoms. The second-order valence-corrected chi connectivity index (χ2v) is 9.04. The average Bonchev–Trinajstić information content (AvgIpc) is 3.49. The predicted octanol–water partition coefficient (Wildman–Crippen LogP) is 3.79. The first-order chi connectivity index (χ1) is 14.3. The Morgan fingerprint density at radius 2 is 1.97 bits per heavy atom. The van der Waals surface area contributed by atoms with E-state index in [0.717, 1.165) is 36.2 Å². The van der Waals surface area contributed by atoms with Crippen LogP contribution in [0.15, 0.2) is 35.5 Å². The predicted molar refractivity (Wildman–Crippen MR) is 114 cm³/mol. The Bertz CT molecular complexity index is 783. The highest BCUT2D eigenvalue weighted by Gasteiger charge is 2.21. The van der Waals surface area contributed by atoms with Crippen molar-refractivity contribution in [3.05, 3.63) is 41.7 Å². The van der Waals surface area contributed by atoms with Gasteiger partial charge in [-0.3, -0.25) is 4.79 Å². The van der Waals surface area contributed by atoms with Crippen molar-refractivity contribution in [1.29, 1.82) is 0 Å². The van der Waals surface area contributed by atoms with Gasteiger partial charge in [0.2, 0.25) is 5.91 Å². The zero-order valence-electron chi connectivity index (χ0n) is 16.9. The van der Waals surface area contributed by atoms with Gasteiger partial charge in [-0.1, -0.05) is 54.9 Å². The van der Waals surface area contributed by atoms with Gasteiger partial charge in [0.15, 0.2) is 11.0 Å². The van der Waals surface area contributed by atoms with E-state index in [1.165, 1.54) is 31.2 Å². The molecule has 1 aromatic carbocycles. The normalized spacial score (nSPS) is 19.7. The van der Waals surface area contributed by atoms with Crippen LogP contribution < -0.4 is 5.32 Å². The number of carbonyl (C=O) groups excluding carboxylic acids is 1. The van der Waals surface area contributed by atoms with Crippen LogP contribution in [0, 0.1) is 5.92 Å². The van der Waals surface area contributed by atoms with E-state index in [9.17, 15) is 4.79 Å². The van der Waals surface area contributed by atoms with Crippen molar-refractivity contribution >= 4 is 17.7 Å². The van der Waals surface area contributed by atoms with Gasteiger partial charge in [0.25, 0.3) is 0 Å². The van der Waals surface area contributed by atoms with Crippen molar-refractivity contribution < 1.29 is 9.53 Å². The van der Waals surface area contributed by atoms with Gasteiger partial charge < -0.3 is 14.6 Å². The number of nitrogens with one attached hydrogen (secondary N) is 1. The number of amides is 1. The molecule has 1 N–H and O–H groups in total. The lowest BCUT2D eigenvalue weighted by Crippen LogP contribution is -2.26. The molecule has 2 fully saturated rings. The first-order valence-electron chi connectivity index (χ1n) is 10.7. The van der Waals surface area contributed by atoms with Crippen molar-refractivity contribution in [1.82, 2.24) is 20.1 Å². The topological polar surface area (TPSA) is 69.0 Å². The molecule has 2 aromatic rings. The number of aromatic nitrogens is 3. The third-order valence-corrected chi connectivity index (χ3v) is 6.89. The van der Waals surface area contributed by atoms with E-state index in [0.29, 0.717) is 31.5 Å². The fourth-order valence-electron chi connectivity index (χ4n) is 4.15. The number of ether oxygens (including phenoxy) is 1. The maximum Gasteiger partial charge on any atom is 0.220 e. The molecule has 2 aliphatic rings. The molecule has 0 spiro atoms. The lowest BCUT2D eigenvalue weighted by Gasteiger charge is -2.13. The Morgan fingerprint density at radius 3 is 2.72 bits per heavy atom. The maximum absolute atomic E-state index is 12.4. The number of hydrogen-bond acceptors (Lipinski definition) is 5. The molecular weight excluding hydrogens is 384 g/mol. The Labute approximate surface area is 176 Å². The van der Waals surface area contributed by atoms with Gasteiger partial charge in [0.1, 0.15) is 0 Å². The van der Waals surface area contributed by atoms with Gasteiger partial charge in [0.05, 0.1) is 19.2 Å². The van der Waals surface area contributed by atoms with E-state index >= 15 is 0 Å². The number of hydrogen-bond donors (Lipinski definition) is 1. The molecule has 1 saturated heterocycles. The lowest BCUT2D eigenvalue weighted by atomic mass is 10.0. The van der Waals surface area contributed by atoms with Crippen molar-refractivity contribution in [2.75, 3.05) is 12.4 Å². The summed E-state index contributed by atoms with van der Waals surface area (Å²) in [7, 11) is 0.